The smallest absolute Gasteiger partial charge is 0.129 e. The van der Waals surface area contributed by atoms with E-state index in [1.807, 2.05) is 13.4 Å². The lowest BCUT2D eigenvalue weighted by Crippen LogP contribution is -2.14. The van der Waals surface area contributed by atoms with E-state index in [0.717, 1.165) is 54.8 Å². The van der Waals surface area contributed by atoms with Gasteiger partial charge in [-0.3, -0.25) is 0 Å². The summed E-state index contributed by atoms with van der Waals surface area (Å²) in [5.41, 5.74) is 3.67. The van der Waals surface area contributed by atoms with Gasteiger partial charge in [-0.25, -0.2) is 4.99 Å². The number of halogens is 1. The Morgan fingerprint density at radius 1 is 1.42 bits per heavy atom. The maximum absolute atomic E-state index is 5.97. The normalized spacial score (nSPS) is 15.6. The standard InChI is InChI=1S/C20H31BrN2O/c1-6-23(5)15-22-19-14-18(21)20(12-9-11-17(19)4)24-13-8-7-10-16(2)3/h10,12,14-15H,6-9,11,13H2,1-5H3. The summed E-state index contributed by atoms with van der Waals surface area (Å²) < 4.78 is 6.94. The summed E-state index contributed by atoms with van der Waals surface area (Å²) in [6.45, 7) is 10.2. The molecule has 0 saturated heterocycles. The van der Waals surface area contributed by atoms with Gasteiger partial charge in [-0.2, -0.15) is 0 Å². The molecular weight excluding hydrogens is 364 g/mol. The van der Waals surface area contributed by atoms with Crippen LogP contribution in [0.2, 0.25) is 0 Å². The van der Waals surface area contributed by atoms with Crippen molar-refractivity contribution in [3.8, 4) is 0 Å². The molecular formula is C20H31BrN2O. The summed E-state index contributed by atoms with van der Waals surface area (Å²) in [5.74, 6) is 0.927. The molecule has 0 radical (unpaired) electrons. The van der Waals surface area contributed by atoms with Crippen LogP contribution in [0.3, 0.4) is 0 Å². The Bertz CT molecular complexity index is 552. The number of allylic oxidation sites excluding steroid dienone is 6. The molecule has 0 aromatic rings. The van der Waals surface area contributed by atoms with Crippen LogP contribution >= 0.6 is 15.9 Å². The van der Waals surface area contributed by atoms with Crippen LogP contribution in [-0.2, 0) is 4.74 Å². The maximum Gasteiger partial charge on any atom is 0.129 e. The highest BCUT2D eigenvalue weighted by atomic mass is 79.9. The maximum atomic E-state index is 5.97. The van der Waals surface area contributed by atoms with E-state index in [-0.39, 0.29) is 0 Å². The van der Waals surface area contributed by atoms with E-state index in [1.54, 1.807) is 0 Å². The van der Waals surface area contributed by atoms with Crippen LogP contribution in [0.4, 0.5) is 0 Å². The Morgan fingerprint density at radius 3 is 2.83 bits per heavy atom. The van der Waals surface area contributed by atoms with Crippen LogP contribution in [0.5, 0.6) is 0 Å². The van der Waals surface area contributed by atoms with E-state index in [2.05, 4.69) is 71.7 Å². The van der Waals surface area contributed by atoms with E-state index in [9.17, 15) is 0 Å². The first-order valence-electron chi connectivity index (χ1n) is 8.72. The predicted octanol–water partition coefficient (Wildman–Crippen LogP) is 5.96. The summed E-state index contributed by atoms with van der Waals surface area (Å²) in [6, 6.07) is 0. The fourth-order valence-corrected chi connectivity index (χ4v) is 2.63. The predicted molar refractivity (Wildman–Crippen MR) is 108 cm³/mol. The summed E-state index contributed by atoms with van der Waals surface area (Å²) in [7, 11) is 2.03. The average molecular weight is 395 g/mol. The first-order valence-corrected chi connectivity index (χ1v) is 9.51. The Morgan fingerprint density at radius 2 is 2.17 bits per heavy atom. The summed E-state index contributed by atoms with van der Waals surface area (Å²) >= 11 is 3.66. The first kappa shape index (κ1) is 20.8. The highest BCUT2D eigenvalue weighted by Crippen LogP contribution is 2.27. The van der Waals surface area contributed by atoms with E-state index < -0.39 is 0 Å². The Balaban J connectivity index is 2.72. The molecule has 24 heavy (non-hydrogen) atoms. The van der Waals surface area contributed by atoms with Gasteiger partial charge in [0, 0.05) is 13.6 Å². The van der Waals surface area contributed by atoms with Crippen LogP contribution in [0, 0.1) is 0 Å². The van der Waals surface area contributed by atoms with Crippen molar-refractivity contribution in [1.82, 2.24) is 4.90 Å². The zero-order chi connectivity index (χ0) is 17.9. The number of nitrogens with zero attached hydrogens (tertiary/aromatic N) is 2. The molecule has 0 heterocycles. The van der Waals surface area contributed by atoms with Crippen molar-refractivity contribution < 1.29 is 4.74 Å². The monoisotopic (exact) mass is 394 g/mol. The van der Waals surface area contributed by atoms with E-state index in [1.165, 1.54) is 11.1 Å². The number of aliphatic imine (C=N–C) groups is 1. The van der Waals surface area contributed by atoms with Gasteiger partial charge in [0.25, 0.3) is 0 Å². The minimum atomic E-state index is 0.735. The topological polar surface area (TPSA) is 24.8 Å². The van der Waals surface area contributed by atoms with Crippen LogP contribution in [0.1, 0.15) is 53.4 Å². The number of rotatable bonds is 8. The van der Waals surface area contributed by atoms with Crippen molar-refractivity contribution in [3.63, 3.8) is 0 Å². The Hall–Kier alpha value is -1.29. The number of hydrogen-bond acceptors (Lipinski definition) is 2. The van der Waals surface area contributed by atoms with Crippen LogP contribution in [0.15, 0.2) is 50.3 Å². The van der Waals surface area contributed by atoms with Gasteiger partial charge in [0.1, 0.15) is 5.76 Å². The Kier molecular flexibility index (Phi) is 9.77. The molecule has 0 spiro atoms. The highest BCUT2D eigenvalue weighted by molar-refractivity contribution is 9.12. The SMILES string of the molecule is CCN(C)C=NC1=C(C)CCC=C(OCCCC=C(C)C)C(Br)=C1. The summed E-state index contributed by atoms with van der Waals surface area (Å²) in [5, 5.41) is 0. The summed E-state index contributed by atoms with van der Waals surface area (Å²) in [4.78, 5) is 6.70. The zero-order valence-electron chi connectivity index (χ0n) is 15.7. The fourth-order valence-electron chi connectivity index (χ4n) is 2.13. The molecule has 0 N–H and O–H groups in total. The average Bonchev–Trinajstić information content (AvgIpc) is 2.54. The van der Waals surface area contributed by atoms with Gasteiger partial charge in [-0.1, -0.05) is 11.6 Å². The molecule has 134 valence electrons. The first-order chi connectivity index (χ1) is 11.4. The molecule has 4 heteroatoms. The third-order valence-electron chi connectivity index (χ3n) is 3.84. The van der Waals surface area contributed by atoms with Gasteiger partial charge in [0.05, 0.1) is 23.1 Å². The van der Waals surface area contributed by atoms with Crippen molar-refractivity contribution in [2.45, 2.75) is 53.4 Å². The Labute approximate surface area is 156 Å². The van der Waals surface area contributed by atoms with Gasteiger partial charge in [-0.05, 0) is 87.0 Å². The minimum absolute atomic E-state index is 0.735. The number of ether oxygens (including phenoxy) is 1. The van der Waals surface area contributed by atoms with Crippen LogP contribution < -0.4 is 0 Å². The fraction of sp³-hybridized carbons (Fsp3) is 0.550. The van der Waals surface area contributed by atoms with E-state index >= 15 is 0 Å². The number of unbranched alkanes of at least 4 members (excludes halogenated alkanes) is 1. The lowest BCUT2D eigenvalue weighted by Gasteiger charge is -2.15. The molecule has 3 nitrogen and oxygen atoms in total. The molecule has 0 amide bonds. The second-order valence-corrected chi connectivity index (χ2v) is 7.21. The molecule has 1 aliphatic carbocycles. The third kappa shape index (κ3) is 8.00. The summed E-state index contributed by atoms with van der Waals surface area (Å²) in [6.07, 6.45) is 12.5. The second-order valence-electron chi connectivity index (χ2n) is 6.35. The van der Waals surface area contributed by atoms with Crippen molar-refractivity contribution in [1.29, 1.82) is 0 Å². The number of hydrogen-bond donors (Lipinski definition) is 0. The lowest BCUT2D eigenvalue weighted by atomic mass is 10.1. The van der Waals surface area contributed by atoms with Gasteiger partial charge in [-0.15, -0.1) is 0 Å². The molecule has 0 atom stereocenters. The molecule has 0 aliphatic heterocycles. The van der Waals surface area contributed by atoms with Crippen molar-refractivity contribution in [2.24, 2.45) is 4.99 Å². The molecule has 0 aromatic carbocycles. The van der Waals surface area contributed by atoms with Crippen molar-refractivity contribution in [2.75, 3.05) is 20.2 Å². The third-order valence-corrected chi connectivity index (χ3v) is 4.46. The molecule has 0 aromatic heterocycles. The molecule has 0 bridgehead atoms. The van der Waals surface area contributed by atoms with Gasteiger partial charge < -0.3 is 9.64 Å². The molecule has 1 aliphatic rings. The largest absolute Gasteiger partial charge is 0.493 e. The van der Waals surface area contributed by atoms with E-state index in [4.69, 9.17) is 4.74 Å². The molecule has 0 saturated carbocycles. The quantitative estimate of drug-likeness (QED) is 0.219. The van der Waals surface area contributed by atoms with Crippen LogP contribution in [-0.4, -0.2) is 31.4 Å². The van der Waals surface area contributed by atoms with Crippen molar-refractivity contribution >= 4 is 22.3 Å². The van der Waals surface area contributed by atoms with Gasteiger partial charge in [0.15, 0.2) is 0 Å². The molecule has 0 fully saturated rings. The minimum Gasteiger partial charge on any atom is -0.493 e. The highest BCUT2D eigenvalue weighted by Gasteiger charge is 2.09. The molecule has 0 unspecified atom stereocenters. The molecule has 1 rings (SSSR count). The second kappa shape index (κ2) is 11.3. The zero-order valence-corrected chi connectivity index (χ0v) is 17.3. The van der Waals surface area contributed by atoms with Crippen molar-refractivity contribution in [3.05, 3.63) is 45.3 Å². The lowest BCUT2D eigenvalue weighted by molar-refractivity contribution is 0.219. The van der Waals surface area contributed by atoms with Crippen LogP contribution in [0.25, 0.3) is 0 Å². The van der Waals surface area contributed by atoms with Gasteiger partial charge >= 0.3 is 0 Å². The van der Waals surface area contributed by atoms with Gasteiger partial charge in [0.2, 0.25) is 0 Å². The van der Waals surface area contributed by atoms with E-state index in [0.29, 0.717) is 0 Å².